The largest absolute Gasteiger partial charge is 0.385 e. The summed E-state index contributed by atoms with van der Waals surface area (Å²) >= 11 is 0. The maximum absolute atomic E-state index is 12.7. The van der Waals surface area contributed by atoms with Crippen LogP contribution in [0.2, 0.25) is 0 Å². The van der Waals surface area contributed by atoms with E-state index in [1.54, 1.807) is 0 Å². The first-order valence-corrected chi connectivity index (χ1v) is 9.31. The Bertz CT molecular complexity index is 542. The van der Waals surface area contributed by atoms with Gasteiger partial charge in [0, 0.05) is 25.2 Å². The van der Waals surface area contributed by atoms with Gasteiger partial charge < -0.3 is 10.0 Å². The molecule has 1 aromatic carbocycles. The third-order valence-corrected chi connectivity index (χ3v) is 5.83. The van der Waals surface area contributed by atoms with Crippen molar-refractivity contribution in [2.75, 3.05) is 19.6 Å². The molecule has 0 aliphatic carbocycles. The lowest BCUT2D eigenvalue weighted by molar-refractivity contribution is -0.139. The zero-order chi connectivity index (χ0) is 17.2. The summed E-state index contributed by atoms with van der Waals surface area (Å²) in [5.74, 6) is 0.250. The summed E-state index contributed by atoms with van der Waals surface area (Å²) in [6, 6.07) is 10.6. The molecule has 0 unspecified atom stereocenters. The fourth-order valence-electron chi connectivity index (χ4n) is 4.30. The average Bonchev–Trinajstić information content (AvgIpc) is 2.58. The first-order valence-electron chi connectivity index (χ1n) is 9.31. The van der Waals surface area contributed by atoms with Crippen molar-refractivity contribution in [1.29, 1.82) is 0 Å². The van der Waals surface area contributed by atoms with Gasteiger partial charge >= 0.3 is 0 Å². The fourth-order valence-corrected chi connectivity index (χ4v) is 4.30. The topological polar surface area (TPSA) is 43.8 Å². The third-order valence-electron chi connectivity index (χ3n) is 5.83. The van der Waals surface area contributed by atoms with Crippen LogP contribution in [0.15, 0.2) is 30.3 Å². The molecule has 2 saturated heterocycles. The van der Waals surface area contributed by atoms with E-state index in [2.05, 4.69) is 23.6 Å². The highest BCUT2D eigenvalue weighted by atomic mass is 16.3. The second-order valence-corrected chi connectivity index (χ2v) is 7.60. The van der Waals surface area contributed by atoms with Gasteiger partial charge in [0.2, 0.25) is 5.91 Å². The molecule has 0 spiro atoms. The molecular formula is C20H30N2O2. The van der Waals surface area contributed by atoms with Gasteiger partial charge in [-0.15, -0.1) is 0 Å². The number of carbonyl (C=O) groups is 1. The van der Waals surface area contributed by atoms with Gasteiger partial charge in [-0.1, -0.05) is 30.3 Å². The summed E-state index contributed by atoms with van der Waals surface area (Å²) in [6.45, 7) is 6.36. The molecule has 4 nitrogen and oxygen atoms in total. The van der Waals surface area contributed by atoms with E-state index in [0.717, 1.165) is 31.5 Å². The van der Waals surface area contributed by atoms with Crippen LogP contribution in [-0.2, 0) is 10.4 Å². The molecule has 4 heteroatoms. The van der Waals surface area contributed by atoms with Crippen LogP contribution in [0.1, 0.15) is 51.5 Å². The van der Waals surface area contributed by atoms with E-state index in [1.165, 1.54) is 6.42 Å². The van der Waals surface area contributed by atoms with Crippen LogP contribution in [0.4, 0.5) is 0 Å². The van der Waals surface area contributed by atoms with Gasteiger partial charge in [0.1, 0.15) is 0 Å². The van der Waals surface area contributed by atoms with E-state index < -0.39 is 5.60 Å². The van der Waals surface area contributed by atoms with Gasteiger partial charge in [-0.05, 0) is 51.5 Å². The average molecular weight is 330 g/mol. The van der Waals surface area contributed by atoms with E-state index in [9.17, 15) is 9.90 Å². The molecule has 2 atom stereocenters. The fraction of sp³-hybridized carbons (Fsp3) is 0.650. The van der Waals surface area contributed by atoms with E-state index in [-0.39, 0.29) is 5.91 Å². The van der Waals surface area contributed by atoms with Gasteiger partial charge in [0.15, 0.2) is 0 Å². The Labute approximate surface area is 145 Å². The molecule has 2 fully saturated rings. The molecule has 0 radical (unpaired) electrons. The quantitative estimate of drug-likeness (QED) is 0.927. The molecule has 132 valence electrons. The molecular weight excluding hydrogens is 300 g/mol. The van der Waals surface area contributed by atoms with Crippen LogP contribution in [0.25, 0.3) is 0 Å². The van der Waals surface area contributed by atoms with Gasteiger partial charge in [0.05, 0.1) is 12.1 Å². The van der Waals surface area contributed by atoms with Crippen LogP contribution in [0.3, 0.4) is 0 Å². The van der Waals surface area contributed by atoms with Crippen LogP contribution >= 0.6 is 0 Å². The monoisotopic (exact) mass is 330 g/mol. The maximum Gasteiger partial charge on any atom is 0.237 e. The van der Waals surface area contributed by atoms with E-state index in [0.29, 0.717) is 31.5 Å². The van der Waals surface area contributed by atoms with Crippen LogP contribution in [-0.4, -0.2) is 52.5 Å². The third kappa shape index (κ3) is 3.65. The summed E-state index contributed by atoms with van der Waals surface area (Å²) in [5.41, 5.74) is 0.251. The summed E-state index contributed by atoms with van der Waals surface area (Å²) in [6.07, 6.45) is 4.83. The van der Waals surface area contributed by atoms with Gasteiger partial charge in [-0.25, -0.2) is 0 Å². The lowest BCUT2D eigenvalue weighted by Crippen LogP contribution is -2.52. The second kappa shape index (κ2) is 7.24. The van der Waals surface area contributed by atoms with Crippen LogP contribution in [0, 0.1) is 0 Å². The van der Waals surface area contributed by atoms with Gasteiger partial charge in [-0.3, -0.25) is 9.69 Å². The molecule has 1 aromatic rings. The van der Waals surface area contributed by atoms with Crippen molar-refractivity contribution in [2.45, 2.75) is 63.6 Å². The number of rotatable bonds is 3. The van der Waals surface area contributed by atoms with E-state index >= 15 is 0 Å². The zero-order valence-corrected chi connectivity index (χ0v) is 14.9. The van der Waals surface area contributed by atoms with Crippen molar-refractivity contribution >= 4 is 5.91 Å². The van der Waals surface area contributed by atoms with Crippen LogP contribution < -0.4 is 0 Å². The zero-order valence-electron chi connectivity index (χ0n) is 14.9. The van der Waals surface area contributed by atoms with Crippen molar-refractivity contribution in [1.82, 2.24) is 9.80 Å². The van der Waals surface area contributed by atoms with Gasteiger partial charge in [0.25, 0.3) is 0 Å². The van der Waals surface area contributed by atoms with Crippen molar-refractivity contribution in [2.24, 2.45) is 0 Å². The molecule has 2 aliphatic rings. The Hall–Kier alpha value is -1.39. The normalized spacial score (nSPS) is 27.9. The number of aliphatic hydroxyl groups is 1. The highest BCUT2D eigenvalue weighted by Gasteiger charge is 2.36. The second-order valence-electron chi connectivity index (χ2n) is 7.60. The molecule has 3 rings (SSSR count). The molecule has 2 heterocycles. The number of benzene rings is 1. The number of hydrogen-bond acceptors (Lipinski definition) is 3. The highest BCUT2D eigenvalue weighted by molar-refractivity contribution is 5.79. The minimum atomic E-state index is -0.744. The molecule has 24 heavy (non-hydrogen) atoms. The van der Waals surface area contributed by atoms with E-state index in [1.807, 2.05) is 30.3 Å². The number of likely N-dealkylation sites (tertiary alicyclic amines) is 2. The van der Waals surface area contributed by atoms with Crippen LogP contribution in [0.5, 0.6) is 0 Å². The van der Waals surface area contributed by atoms with Gasteiger partial charge in [-0.2, -0.15) is 0 Å². The summed E-state index contributed by atoms with van der Waals surface area (Å²) in [4.78, 5) is 17.0. The summed E-state index contributed by atoms with van der Waals surface area (Å²) in [5, 5.41) is 10.9. The first kappa shape index (κ1) is 17.4. The number of nitrogens with zero attached hydrogens (tertiary/aromatic N) is 2. The van der Waals surface area contributed by atoms with Crippen molar-refractivity contribution in [3.63, 3.8) is 0 Å². The predicted molar refractivity (Wildman–Crippen MR) is 95.6 cm³/mol. The number of amides is 1. The van der Waals surface area contributed by atoms with Crippen molar-refractivity contribution in [3.8, 4) is 0 Å². The summed E-state index contributed by atoms with van der Waals surface area (Å²) < 4.78 is 0. The Morgan fingerprint density at radius 2 is 1.71 bits per heavy atom. The molecule has 1 N–H and O–H groups in total. The summed E-state index contributed by atoms with van der Waals surface area (Å²) in [7, 11) is 0. The SMILES string of the molecule is C[C@@H]1CCC[C@@H](C)N1C(=O)CN1CCC(O)(c2ccccc2)CC1. The Morgan fingerprint density at radius 3 is 2.29 bits per heavy atom. The smallest absolute Gasteiger partial charge is 0.237 e. The predicted octanol–water partition coefficient (Wildman–Crippen LogP) is 2.76. The Kier molecular flexibility index (Phi) is 5.26. The minimum Gasteiger partial charge on any atom is -0.385 e. The van der Waals surface area contributed by atoms with E-state index in [4.69, 9.17) is 0 Å². The Balaban J connectivity index is 1.56. The molecule has 0 bridgehead atoms. The lowest BCUT2D eigenvalue weighted by atomic mass is 9.84. The molecule has 2 aliphatic heterocycles. The lowest BCUT2D eigenvalue weighted by Gasteiger charge is -2.42. The molecule has 0 saturated carbocycles. The number of piperidine rings is 2. The highest BCUT2D eigenvalue weighted by Crippen LogP contribution is 2.32. The minimum absolute atomic E-state index is 0.250. The Morgan fingerprint density at radius 1 is 1.12 bits per heavy atom. The number of carbonyl (C=O) groups excluding carboxylic acids is 1. The molecule has 0 aromatic heterocycles. The standard InChI is InChI=1S/C20H30N2O2/c1-16-7-6-8-17(2)22(16)19(23)15-21-13-11-20(24,12-14-21)18-9-4-3-5-10-18/h3-5,9-10,16-17,24H,6-8,11-15H2,1-2H3/t16-,17-/m1/s1. The molecule has 1 amide bonds. The van der Waals surface area contributed by atoms with Crippen molar-refractivity contribution in [3.05, 3.63) is 35.9 Å². The maximum atomic E-state index is 12.7. The van der Waals surface area contributed by atoms with Crippen molar-refractivity contribution < 1.29 is 9.90 Å². The first-order chi connectivity index (χ1) is 11.5. The number of hydrogen-bond donors (Lipinski definition) is 1.